The number of fused-ring (bicyclic) bond motifs is 1. The number of hydrogen-bond donors (Lipinski definition) is 2. The SMILES string of the molecule is CO/N=C(\C(=O)N[C@@H]1C(=O)N2C(C(=O)[O-])=C(/C=C/c3c(Cl)ncnc3Cl)CS[C@H]12)c1csc(N)n1.[Na+]. The first-order valence-electron chi connectivity index (χ1n) is 9.59. The Balaban J connectivity index is 0.00000361. The molecule has 0 saturated carbocycles. The summed E-state index contributed by atoms with van der Waals surface area (Å²) in [7, 11) is 1.25. The van der Waals surface area contributed by atoms with Crippen LogP contribution in [0.3, 0.4) is 0 Å². The zero-order valence-electron chi connectivity index (χ0n) is 18.6. The monoisotopic (exact) mass is 577 g/mol. The van der Waals surface area contributed by atoms with Gasteiger partial charge in [-0.1, -0.05) is 34.4 Å². The van der Waals surface area contributed by atoms with Crippen molar-refractivity contribution < 1.29 is 53.9 Å². The van der Waals surface area contributed by atoms with Gasteiger partial charge in [0.15, 0.2) is 10.8 Å². The van der Waals surface area contributed by atoms with Crippen LogP contribution in [-0.4, -0.2) is 67.6 Å². The zero-order chi connectivity index (χ0) is 25.3. The van der Waals surface area contributed by atoms with Crippen LogP contribution >= 0.6 is 46.3 Å². The molecule has 12 nitrogen and oxygen atoms in total. The van der Waals surface area contributed by atoms with E-state index in [-0.39, 0.29) is 67.9 Å². The maximum Gasteiger partial charge on any atom is 1.00 e. The molecule has 1 saturated heterocycles. The summed E-state index contributed by atoms with van der Waals surface area (Å²) in [6, 6.07) is -1.00. The van der Waals surface area contributed by atoms with Gasteiger partial charge in [-0.3, -0.25) is 14.5 Å². The molecule has 0 radical (unpaired) electrons. The minimum Gasteiger partial charge on any atom is -0.543 e. The van der Waals surface area contributed by atoms with E-state index >= 15 is 0 Å². The summed E-state index contributed by atoms with van der Waals surface area (Å²) < 4.78 is 0. The van der Waals surface area contributed by atoms with Crippen molar-refractivity contribution in [2.24, 2.45) is 5.16 Å². The number of rotatable bonds is 7. The Labute approximate surface area is 244 Å². The molecule has 0 aromatic carbocycles. The Bertz CT molecular complexity index is 1300. The molecule has 2 aromatic heterocycles. The predicted octanol–water partition coefficient (Wildman–Crippen LogP) is -2.71. The fourth-order valence-electron chi connectivity index (χ4n) is 3.34. The minimum absolute atomic E-state index is 0. The van der Waals surface area contributed by atoms with Crippen LogP contribution in [0.4, 0.5) is 5.13 Å². The van der Waals surface area contributed by atoms with Crippen LogP contribution in [0.1, 0.15) is 11.3 Å². The number of hydrogen-bond acceptors (Lipinski definition) is 12. The number of carboxylic acid groups (broad SMARTS) is 1. The fourth-order valence-corrected chi connectivity index (χ4v) is 5.64. The second-order valence-corrected chi connectivity index (χ2v) is 9.63. The van der Waals surface area contributed by atoms with E-state index in [0.717, 1.165) is 16.2 Å². The van der Waals surface area contributed by atoms with E-state index in [1.54, 1.807) is 0 Å². The number of oxime groups is 1. The van der Waals surface area contributed by atoms with Crippen molar-refractivity contribution in [3.8, 4) is 0 Å². The molecule has 2 atom stereocenters. The summed E-state index contributed by atoms with van der Waals surface area (Å²) in [5.41, 5.74) is 5.89. The average Bonchev–Trinajstić information content (AvgIpc) is 3.25. The van der Waals surface area contributed by atoms with E-state index in [1.165, 1.54) is 42.7 Å². The Kier molecular flexibility index (Phi) is 9.38. The van der Waals surface area contributed by atoms with Crippen molar-refractivity contribution in [2.45, 2.75) is 11.4 Å². The van der Waals surface area contributed by atoms with Gasteiger partial charge >= 0.3 is 29.6 Å². The van der Waals surface area contributed by atoms with E-state index in [4.69, 9.17) is 33.8 Å². The van der Waals surface area contributed by atoms with Crippen LogP contribution in [0.25, 0.3) is 6.08 Å². The van der Waals surface area contributed by atoms with Crippen LogP contribution in [-0.2, 0) is 19.2 Å². The number of nitrogen functional groups attached to an aromatic ring is 1. The second kappa shape index (κ2) is 11.9. The molecule has 2 amide bonds. The van der Waals surface area contributed by atoms with E-state index in [9.17, 15) is 19.5 Å². The largest absolute Gasteiger partial charge is 1.00 e. The summed E-state index contributed by atoms with van der Waals surface area (Å²) >= 11 is 14.4. The number of nitrogens with one attached hydrogen (secondary N) is 1. The number of nitrogens with two attached hydrogens (primary N) is 1. The first-order chi connectivity index (χ1) is 16.7. The van der Waals surface area contributed by atoms with Gasteiger partial charge in [0, 0.05) is 16.7 Å². The summed E-state index contributed by atoms with van der Waals surface area (Å²) in [6.07, 6.45) is 4.11. The van der Waals surface area contributed by atoms with Gasteiger partial charge < -0.3 is 25.8 Å². The fraction of sp³-hybridized carbons (Fsp3) is 0.211. The van der Waals surface area contributed by atoms with Gasteiger partial charge in [-0.2, -0.15) is 0 Å². The summed E-state index contributed by atoms with van der Waals surface area (Å²) in [4.78, 5) is 55.1. The Morgan fingerprint density at radius 1 is 1.33 bits per heavy atom. The summed E-state index contributed by atoms with van der Waals surface area (Å²) in [5, 5.41) is 19.4. The average molecular weight is 578 g/mol. The minimum atomic E-state index is -1.55. The van der Waals surface area contributed by atoms with Crippen molar-refractivity contribution in [3.63, 3.8) is 0 Å². The first-order valence-corrected chi connectivity index (χ1v) is 12.3. The van der Waals surface area contributed by atoms with E-state index in [2.05, 4.69) is 25.4 Å². The molecular weight excluding hydrogens is 564 g/mol. The molecule has 0 unspecified atom stereocenters. The topological polar surface area (TPSA) is 176 Å². The molecule has 182 valence electrons. The summed E-state index contributed by atoms with van der Waals surface area (Å²) in [6.45, 7) is 0. The van der Waals surface area contributed by atoms with Gasteiger partial charge in [-0.25, -0.2) is 15.0 Å². The molecular formula is C19H14Cl2N7NaO5S2. The molecule has 4 heterocycles. The van der Waals surface area contributed by atoms with Crippen molar-refractivity contribution in [1.29, 1.82) is 0 Å². The van der Waals surface area contributed by atoms with E-state index in [1.807, 2.05) is 0 Å². The predicted molar refractivity (Wildman–Crippen MR) is 128 cm³/mol. The van der Waals surface area contributed by atoms with Crippen LogP contribution in [0.15, 0.2) is 34.2 Å². The number of thiazole rings is 1. The molecule has 0 spiro atoms. The van der Waals surface area contributed by atoms with Crippen LogP contribution in [0.2, 0.25) is 10.3 Å². The number of amides is 2. The molecule has 3 N–H and O–H groups in total. The van der Waals surface area contributed by atoms with E-state index in [0.29, 0.717) is 11.1 Å². The number of thioether (sulfide) groups is 1. The number of nitrogens with zero attached hydrogens (tertiary/aromatic N) is 5. The van der Waals surface area contributed by atoms with Gasteiger partial charge in [-0.05, 0) is 11.6 Å². The molecule has 0 aliphatic carbocycles. The van der Waals surface area contributed by atoms with Crippen molar-refractivity contribution >= 4 is 81.0 Å². The number of halogens is 2. The van der Waals surface area contributed by atoms with Gasteiger partial charge in [0.25, 0.3) is 11.8 Å². The number of carbonyl (C=O) groups excluding carboxylic acids is 3. The Morgan fingerprint density at radius 3 is 2.61 bits per heavy atom. The third kappa shape index (κ3) is 5.54. The van der Waals surface area contributed by atoms with Gasteiger partial charge in [0.05, 0.1) is 11.7 Å². The molecule has 2 aliphatic rings. The van der Waals surface area contributed by atoms with Gasteiger partial charge in [0.1, 0.15) is 40.9 Å². The van der Waals surface area contributed by atoms with Crippen LogP contribution < -0.4 is 45.7 Å². The zero-order valence-corrected chi connectivity index (χ0v) is 23.7. The second-order valence-electron chi connectivity index (χ2n) is 6.92. The maximum atomic E-state index is 12.9. The molecule has 0 bridgehead atoms. The van der Waals surface area contributed by atoms with Crippen molar-refractivity contribution in [3.05, 3.63) is 50.6 Å². The van der Waals surface area contributed by atoms with E-state index < -0.39 is 29.2 Å². The maximum absolute atomic E-state index is 12.9. The number of β-lactam (4-membered cyclic amide) rings is 1. The number of anilines is 1. The number of aromatic nitrogens is 3. The Morgan fingerprint density at radius 2 is 2.03 bits per heavy atom. The third-order valence-electron chi connectivity index (χ3n) is 4.88. The van der Waals surface area contributed by atoms with Gasteiger partial charge in [-0.15, -0.1) is 23.1 Å². The molecule has 17 heteroatoms. The molecule has 1 fully saturated rings. The molecule has 2 aliphatic heterocycles. The quantitative estimate of drug-likeness (QED) is 0.116. The first kappa shape index (κ1) is 28.4. The summed E-state index contributed by atoms with van der Waals surface area (Å²) in [5.74, 6) is -2.71. The number of carboxylic acids is 1. The molecule has 2 aromatic rings. The Hall–Kier alpha value is -2.20. The normalized spacial score (nSPS) is 19.5. The standard InChI is InChI=1S/C19H15Cl2N7O5S2.Na/c1-33-27-10(9-5-35-19(22)25-9)15(29)26-11-16(30)28-12(18(31)32)7(4-34-17(11)28)2-3-8-13(20)23-6-24-14(8)21;/h2-3,5-6,11,17H,4H2,1H3,(H2,22,25)(H,26,29)(H,31,32);/q;+1/p-1/b3-2+,27-10-;/t11-,17-;/m1./s1. The smallest absolute Gasteiger partial charge is 0.543 e. The number of carbonyl (C=O) groups is 3. The van der Waals surface area contributed by atoms with Gasteiger partial charge in [0.2, 0.25) is 0 Å². The molecule has 36 heavy (non-hydrogen) atoms. The number of aliphatic carboxylic acids is 1. The molecule has 4 rings (SSSR count). The third-order valence-corrected chi connectivity index (χ3v) is 7.46. The number of allylic oxidation sites excluding steroid dienone is 1. The van der Waals surface area contributed by atoms with Crippen molar-refractivity contribution in [1.82, 2.24) is 25.2 Å². The van der Waals surface area contributed by atoms with Crippen LogP contribution in [0, 0.1) is 0 Å². The van der Waals surface area contributed by atoms with Crippen molar-refractivity contribution in [2.75, 3.05) is 18.6 Å². The van der Waals surface area contributed by atoms with Crippen LogP contribution in [0.5, 0.6) is 0 Å².